The summed E-state index contributed by atoms with van der Waals surface area (Å²) in [5, 5.41) is 17.6. The molecule has 0 aliphatic rings. The van der Waals surface area contributed by atoms with Gasteiger partial charge in [0.05, 0.1) is 12.7 Å². The molecular weight excluding hydrogens is 208 g/mol. The Balaban J connectivity index is 3.71. The molecule has 2 N–H and O–H groups in total. The zero-order valence-electron chi connectivity index (χ0n) is 10.1. The van der Waals surface area contributed by atoms with E-state index in [0.29, 0.717) is 37.9 Å². The predicted molar refractivity (Wildman–Crippen MR) is 62.0 cm³/mol. The Kier molecular flexibility index (Phi) is 8.85. The van der Waals surface area contributed by atoms with Crippen LogP contribution in [-0.4, -0.2) is 35.5 Å². The number of carbonyl (C=O) groups is 1. The van der Waals surface area contributed by atoms with Crippen molar-refractivity contribution < 1.29 is 19.7 Å². The third-order valence-electron chi connectivity index (χ3n) is 2.14. The molecule has 0 aromatic heterocycles. The molecule has 1 atom stereocenters. The smallest absolute Gasteiger partial charge is 0.333 e. The van der Waals surface area contributed by atoms with Crippen LogP contribution in [0.1, 0.15) is 39.5 Å². The minimum Gasteiger partial charge on any atom is -0.462 e. The average molecular weight is 230 g/mol. The van der Waals surface area contributed by atoms with Crippen molar-refractivity contribution in [2.24, 2.45) is 0 Å². The van der Waals surface area contributed by atoms with Gasteiger partial charge >= 0.3 is 5.97 Å². The molecule has 94 valence electrons. The first-order chi connectivity index (χ1) is 7.57. The first-order valence-electron chi connectivity index (χ1n) is 5.70. The number of hydrogen-bond donors (Lipinski definition) is 2. The molecule has 0 heterocycles. The van der Waals surface area contributed by atoms with Crippen LogP contribution in [0.4, 0.5) is 0 Å². The van der Waals surface area contributed by atoms with Gasteiger partial charge in [-0.1, -0.05) is 6.08 Å². The van der Waals surface area contributed by atoms with Crippen molar-refractivity contribution in [2.45, 2.75) is 45.6 Å². The molecule has 0 aromatic rings. The van der Waals surface area contributed by atoms with Gasteiger partial charge in [-0.3, -0.25) is 0 Å². The summed E-state index contributed by atoms with van der Waals surface area (Å²) in [6, 6.07) is 0. The van der Waals surface area contributed by atoms with E-state index in [1.165, 1.54) is 0 Å². The monoisotopic (exact) mass is 230 g/mol. The van der Waals surface area contributed by atoms with Crippen LogP contribution < -0.4 is 0 Å². The van der Waals surface area contributed by atoms with Crippen molar-refractivity contribution in [2.75, 3.05) is 13.2 Å². The van der Waals surface area contributed by atoms with Crippen LogP contribution in [-0.2, 0) is 9.53 Å². The molecule has 4 heteroatoms. The van der Waals surface area contributed by atoms with Crippen LogP contribution in [0, 0.1) is 0 Å². The van der Waals surface area contributed by atoms with Crippen molar-refractivity contribution in [1.29, 1.82) is 0 Å². The highest BCUT2D eigenvalue weighted by Crippen LogP contribution is 2.04. The molecule has 0 aliphatic carbocycles. The molecule has 0 rings (SSSR count). The SMILES string of the molecule is CC(=CCCC(C)O)C(=O)OCCCCO. The van der Waals surface area contributed by atoms with E-state index >= 15 is 0 Å². The summed E-state index contributed by atoms with van der Waals surface area (Å²) in [6.07, 6.45) is 4.09. The van der Waals surface area contributed by atoms with E-state index in [0.717, 1.165) is 0 Å². The predicted octanol–water partition coefficient (Wildman–Crippen LogP) is 1.41. The summed E-state index contributed by atoms with van der Waals surface area (Å²) in [5.41, 5.74) is 0.574. The number of aliphatic hydroxyl groups excluding tert-OH is 2. The first kappa shape index (κ1) is 15.1. The van der Waals surface area contributed by atoms with Crippen LogP contribution in [0.5, 0.6) is 0 Å². The van der Waals surface area contributed by atoms with Crippen molar-refractivity contribution in [3.63, 3.8) is 0 Å². The Bertz CT molecular complexity index is 221. The second kappa shape index (κ2) is 9.36. The highest BCUT2D eigenvalue weighted by molar-refractivity contribution is 5.87. The van der Waals surface area contributed by atoms with Crippen LogP contribution >= 0.6 is 0 Å². The summed E-state index contributed by atoms with van der Waals surface area (Å²) < 4.78 is 4.98. The van der Waals surface area contributed by atoms with E-state index in [9.17, 15) is 4.79 Å². The topological polar surface area (TPSA) is 66.8 Å². The standard InChI is InChI=1S/C12H22O4/c1-10(6-5-7-11(2)14)12(15)16-9-4-3-8-13/h6,11,13-14H,3-5,7-9H2,1-2H3. The third kappa shape index (κ3) is 8.44. The molecule has 0 fully saturated rings. The van der Waals surface area contributed by atoms with Gasteiger partial charge in [0, 0.05) is 12.2 Å². The lowest BCUT2D eigenvalue weighted by molar-refractivity contribution is -0.139. The lowest BCUT2D eigenvalue weighted by atomic mass is 10.1. The molecule has 4 nitrogen and oxygen atoms in total. The maximum absolute atomic E-state index is 11.4. The minimum absolute atomic E-state index is 0.126. The van der Waals surface area contributed by atoms with E-state index in [1.54, 1.807) is 19.9 Å². The van der Waals surface area contributed by atoms with Gasteiger partial charge in [0.1, 0.15) is 0 Å². The average Bonchev–Trinajstić information content (AvgIpc) is 2.23. The Morgan fingerprint density at radius 1 is 1.44 bits per heavy atom. The summed E-state index contributed by atoms with van der Waals surface area (Å²) in [6.45, 7) is 3.90. The number of hydrogen-bond acceptors (Lipinski definition) is 4. The second-order valence-electron chi connectivity index (χ2n) is 3.88. The molecule has 16 heavy (non-hydrogen) atoms. The van der Waals surface area contributed by atoms with Crippen molar-refractivity contribution in [3.8, 4) is 0 Å². The minimum atomic E-state index is -0.343. The summed E-state index contributed by atoms with van der Waals surface area (Å²) in [5.74, 6) is -0.316. The van der Waals surface area contributed by atoms with E-state index in [-0.39, 0.29) is 18.7 Å². The Morgan fingerprint density at radius 2 is 2.12 bits per heavy atom. The van der Waals surface area contributed by atoms with Crippen LogP contribution in [0.3, 0.4) is 0 Å². The fourth-order valence-electron chi connectivity index (χ4n) is 1.12. The summed E-state index contributed by atoms with van der Waals surface area (Å²) in [7, 11) is 0. The maximum Gasteiger partial charge on any atom is 0.333 e. The molecule has 0 radical (unpaired) electrons. The molecule has 0 spiro atoms. The fraction of sp³-hybridized carbons (Fsp3) is 0.750. The van der Waals surface area contributed by atoms with Gasteiger partial charge in [0.25, 0.3) is 0 Å². The largest absolute Gasteiger partial charge is 0.462 e. The second-order valence-corrected chi connectivity index (χ2v) is 3.88. The van der Waals surface area contributed by atoms with E-state index < -0.39 is 0 Å². The highest BCUT2D eigenvalue weighted by atomic mass is 16.5. The number of allylic oxidation sites excluding steroid dienone is 1. The van der Waals surface area contributed by atoms with Gasteiger partial charge in [0.15, 0.2) is 0 Å². The lowest BCUT2D eigenvalue weighted by Gasteiger charge is -2.05. The molecule has 0 amide bonds. The summed E-state index contributed by atoms with van der Waals surface area (Å²) in [4.78, 5) is 11.4. The number of carbonyl (C=O) groups excluding carboxylic acids is 1. The molecule has 0 bridgehead atoms. The molecule has 0 saturated carbocycles. The van der Waals surface area contributed by atoms with Crippen LogP contribution in [0.25, 0.3) is 0 Å². The van der Waals surface area contributed by atoms with Crippen LogP contribution in [0.2, 0.25) is 0 Å². The molecule has 1 unspecified atom stereocenters. The number of esters is 1. The quantitative estimate of drug-likeness (QED) is 0.376. The number of unbranched alkanes of at least 4 members (excludes halogenated alkanes) is 1. The molecule has 0 aromatic carbocycles. The van der Waals surface area contributed by atoms with E-state index in [2.05, 4.69) is 0 Å². The van der Waals surface area contributed by atoms with Crippen LogP contribution in [0.15, 0.2) is 11.6 Å². The van der Waals surface area contributed by atoms with Gasteiger partial charge in [-0.05, 0) is 39.5 Å². The number of ether oxygens (including phenoxy) is 1. The Hall–Kier alpha value is -0.870. The molecular formula is C12H22O4. The van der Waals surface area contributed by atoms with E-state index in [1.807, 2.05) is 0 Å². The van der Waals surface area contributed by atoms with Gasteiger partial charge < -0.3 is 14.9 Å². The van der Waals surface area contributed by atoms with Gasteiger partial charge in [-0.15, -0.1) is 0 Å². The van der Waals surface area contributed by atoms with Crippen molar-refractivity contribution in [3.05, 3.63) is 11.6 Å². The molecule has 0 saturated heterocycles. The van der Waals surface area contributed by atoms with Gasteiger partial charge in [0.2, 0.25) is 0 Å². The number of rotatable bonds is 8. The van der Waals surface area contributed by atoms with Gasteiger partial charge in [-0.2, -0.15) is 0 Å². The maximum atomic E-state index is 11.4. The molecule has 0 aliphatic heterocycles. The van der Waals surface area contributed by atoms with Gasteiger partial charge in [-0.25, -0.2) is 4.79 Å². The van der Waals surface area contributed by atoms with Crippen molar-refractivity contribution in [1.82, 2.24) is 0 Å². The normalized spacial score (nSPS) is 13.6. The third-order valence-corrected chi connectivity index (χ3v) is 2.14. The Labute approximate surface area is 96.9 Å². The highest BCUT2D eigenvalue weighted by Gasteiger charge is 2.04. The van der Waals surface area contributed by atoms with Crippen molar-refractivity contribution >= 4 is 5.97 Å². The zero-order valence-corrected chi connectivity index (χ0v) is 10.1. The van der Waals surface area contributed by atoms with E-state index in [4.69, 9.17) is 14.9 Å². The first-order valence-corrected chi connectivity index (χ1v) is 5.70. The number of aliphatic hydroxyl groups is 2. The zero-order chi connectivity index (χ0) is 12.4. The Morgan fingerprint density at radius 3 is 2.69 bits per heavy atom. The fourth-order valence-corrected chi connectivity index (χ4v) is 1.12. The summed E-state index contributed by atoms with van der Waals surface area (Å²) >= 11 is 0. The lowest BCUT2D eigenvalue weighted by Crippen LogP contribution is -2.08.